The highest BCUT2D eigenvalue weighted by Crippen LogP contribution is 2.48. The molecule has 0 N–H and O–H groups in total. The van der Waals surface area contributed by atoms with E-state index in [1.165, 1.54) is 36.3 Å². The lowest BCUT2D eigenvalue weighted by atomic mass is 9.94. The van der Waals surface area contributed by atoms with E-state index in [-0.39, 0.29) is 0 Å². The van der Waals surface area contributed by atoms with Crippen LogP contribution in [-0.2, 0) is 0 Å². The van der Waals surface area contributed by atoms with E-state index >= 15 is 0 Å². The predicted octanol–water partition coefficient (Wildman–Crippen LogP) is 13.1. The molecule has 5 heteroatoms. The molecule has 0 amide bonds. The van der Waals surface area contributed by atoms with E-state index < -0.39 is 0 Å². The number of para-hydroxylation sites is 1. The Kier molecular flexibility index (Phi) is 6.39. The second kappa shape index (κ2) is 11.4. The van der Waals surface area contributed by atoms with Crippen molar-refractivity contribution in [2.75, 3.05) is 0 Å². The van der Waals surface area contributed by atoms with Crippen LogP contribution in [0.3, 0.4) is 0 Å². The second-order valence-electron chi connectivity index (χ2n) is 13.1. The van der Waals surface area contributed by atoms with Gasteiger partial charge in [-0.05, 0) is 45.5 Å². The van der Waals surface area contributed by atoms with Gasteiger partial charge >= 0.3 is 0 Å². The van der Waals surface area contributed by atoms with Crippen molar-refractivity contribution in [2.45, 2.75) is 0 Å². The average molecular weight is 682 g/mol. The largest absolute Gasteiger partial charge is 0.455 e. The van der Waals surface area contributed by atoms with Crippen molar-refractivity contribution in [1.82, 2.24) is 15.0 Å². The van der Waals surface area contributed by atoms with E-state index in [4.69, 9.17) is 19.4 Å². The van der Waals surface area contributed by atoms with Gasteiger partial charge in [-0.2, -0.15) is 0 Å². The van der Waals surface area contributed by atoms with Crippen LogP contribution in [0.5, 0.6) is 0 Å². The summed E-state index contributed by atoms with van der Waals surface area (Å²) in [6.45, 7) is 0. The highest BCUT2D eigenvalue weighted by molar-refractivity contribution is 7.27. The number of nitrogens with zero attached hydrogens (tertiary/aromatic N) is 3. The average Bonchev–Trinajstić information content (AvgIpc) is 3.80. The first-order chi connectivity index (χ1) is 25.8. The maximum atomic E-state index is 6.63. The van der Waals surface area contributed by atoms with Gasteiger partial charge in [0.2, 0.25) is 0 Å². The Balaban J connectivity index is 1.11. The number of benzene rings is 8. The van der Waals surface area contributed by atoms with Gasteiger partial charge in [-0.1, -0.05) is 146 Å². The summed E-state index contributed by atoms with van der Waals surface area (Å²) in [5.74, 6) is 1.95. The monoisotopic (exact) mass is 681 g/mol. The van der Waals surface area contributed by atoms with E-state index in [0.29, 0.717) is 17.5 Å². The van der Waals surface area contributed by atoms with E-state index in [1.54, 1.807) is 0 Å². The van der Waals surface area contributed by atoms with Crippen molar-refractivity contribution in [1.29, 1.82) is 0 Å². The molecule has 0 saturated heterocycles. The molecule has 8 aromatic carbocycles. The fourth-order valence-corrected chi connectivity index (χ4v) is 9.02. The molecule has 3 heterocycles. The third kappa shape index (κ3) is 4.43. The van der Waals surface area contributed by atoms with Crippen molar-refractivity contribution in [3.8, 4) is 45.3 Å². The number of fused-ring (bicyclic) bond motifs is 11. The van der Waals surface area contributed by atoms with E-state index in [0.717, 1.165) is 55.1 Å². The molecule has 4 nitrogen and oxygen atoms in total. The van der Waals surface area contributed by atoms with Crippen molar-refractivity contribution < 1.29 is 4.42 Å². The van der Waals surface area contributed by atoms with Gasteiger partial charge in [-0.25, -0.2) is 15.0 Å². The summed E-state index contributed by atoms with van der Waals surface area (Å²) in [6, 6.07) is 57.2. The minimum absolute atomic E-state index is 0.650. The molecule has 0 atom stereocenters. The summed E-state index contributed by atoms with van der Waals surface area (Å²) >= 11 is 1.84. The molecule has 0 unspecified atom stereocenters. The molecule has 11 rings (SSSR count). The van der Waals surface area contributed by atoms with Crippen LogP contribution in [-0.4, -0.2) is 15.0 Å². The lowest BCUT2D eigenvalue weighted by Gasteiger charge is -2.13. The van der Waals surface area contributed by atoms with E-state index in [2.05, 4.69) is 97.1 Å². The normalized spacial score (nSPS) is 11.8. The van der Waals surface area contributed by atoms with Crippen LogP contribution in [0.25, 0.3) is 109 Å². The summed E-state index contributed by atoms with van der Waals surface area (Å²) in [6.07, 6.45) is 0. The molecule has 0 fully saturated rings. The molecule has 0 aliphatic heterocycles. The number of thiophene rings is 1. The lowest BCUT2D eigenvalue weighted by Crippen LogP contribution is -2.00. The highest BCUT2D eigenvalue weighted by atomic mass is 32.1. The summed E-state index contributed by atoms with van der Waals surface area (Å²) in [5, 5.41) is 9.48. The summed E-state index contributed by atoms with van der Waals surface area (Å²) in [4.78, 5) is 15.0. The molecule has 0 aliphatic carbocycles. The molecule has 0 saturated carbocycles. The first-order valence-corrected chi connectivity index (χ1v) is 18.2. The Morgan fingerprint density at radius 2 is 0.942 bits per heavy atom. The number of hydrogen-bond acceptors (Lipinski definition) is 5. The first-order valence-electron chi connectivity index (χ1n) is 17.4. The Morgan fingerprint density at radius 3 is 1.65 bits per heavy atom. The van der Waals surface area contributed by atoms with Crippen LogP contribution in [0.4, 0.5) is 0 Å². The number of rotatable bonds is 4. The van der Waals surface area contributed by atoms with Gasteiger partial charge in [0.15, 0.2) is 17.5 Å². The number of hydrogen-bond donors (Lipinski definition) is 0. The Bertz CT molecular complexity index is 3120. The van der Waals surface area contributed by atoms with Crippen LogP contribution >= 0.6 is 11.3 Å². The molecule has 0 aliphatic rings. The molecule has 11 aromatic rings. The summed E-state index contributed by atoms with van der Waals surface area (Å²) < 4.78 is 9.12. The Labute approximate surface area is 302 Å². The minimum atomic E-state index is 0.650. The summed E-state index contributed by atoms with van der Waals surface area (Å²) in [5.41, 5.74) is 7.09. The van der Waals surface area contributed by atoms with Gasteiger partial charge < -0.3 is 4.42 Å². The van der Waals surface area contributed by atoms with Crippen LogP contribution in [0.15, 0.2) is 168 Å². The SMILES string of the molecule is c1ccc(-c2nc(-c3ccccc3)nc(-c3ccc(-c4ccc5c(c4)sc4c6ccccc6c6c7ccccc7oc6c54)c4ccccc34)n2)cc1. The van der Waals surface area contributed by atoms with E-state index in [1.807, 2.05) is 78.1 Å². The minimum Gasteiger partial charge on any atom is -0.455 e. The van der Waals surface area contributed by atoms with E-state index in [9.17, 15) is 0 Å². The molecule has 0 spiro atoms. The van der Waals surface area contributed by atoms with Crippen LogP contribution in [0.2, 0.25) is 0 Å². The maximum absolute atomic E-state index is 6.63. The van der Waals surface area contributed by atoms with Crippen LogP contribution < -0.4 is 0 Å². The first kappa shape index (κ1) is 29.1. The fourth-order valence-electron chi connectivity index (χ4n) is 7.74. The molecule has 0 bridgehead atoms. The molecule has 0 radical (unpaired) electrons. The van der Waals surface area contributed by atoms with Crippen molar-refractivity contribution in [3.05, 3.63) is 164 Å². The second-order valence-corrected chi connectivity index (χ2v) is 14.2. The third-order valence-corrected chi connectivity index (χ3v) is 11.3. The molecular weight excluding hydrogens is 655 g/mol. The van der Waals surface area contributed by atoms with Crippen LogP contribution in [0, 0.1) is 0 Å². The summed E-state index contributed by atoms with van der Waals surface area (Å²) in [7, 11) is 0. The van der Waals surface area contributed by atoms with Gasteiger partial charge in [0.25, 0.3) is 0 Å². The number of furan rings is 1. The van der Waals surface area contributed by atoms with Crippen molar-refractivity contribution >= 4 is 75.0 Å². The van der Waals surface area contributed by atoms with Gasteiger partial charge in [-0.15, -0.1) is 11.3 Å². The maximum Gasteiger partial charge on any atom is 0.164 e. The fraction of sp³-hybridized carbons (Fsp3) is 0. The van der Waals surface area contributed by atoms with Gasteiger partial charge in [0, 0.05) is 53.0 Å². The zero-order chi connectivity index (χ0) is 34.2. The lowest BCUT2D eigenvalue weighted by molar-refractivity contribution is 0.673. The number of aromatic nitrogens is 3. The molecule has 52 heavy (non-hydrogen) atoms. The zero-order valence-electron chi connectivity index (χ0n) is 27.7. The molecule has 242 valence electrons. The predicted molar refractivity (Wildman–Crippen MR) is 217 cm³/mol. The third-order valence-electron chi connectivity index (χ3n) is 10.1. The topological polar surface area (TPSA) is 51.8 Å². The standard InChI is InChI=1S/C47H27N3OS/c1-3-13-28(14-4-1)45-48-46(29-15-5-2-6-16-29)50-47(49-45)36-26-25-31(32-17-7-8-18-33(32)36)30-23-24-38-40(27-30)52-44-35-20-10-9-19-34(35)41-37-21-11-12-22-39(37)51-43(41)42(38)44/h1-27H. The van der Waals surface area contributed by atoms with Gasteiger partial charge in [0.1, 0.15) is 11.2 Å². The van der Waals surface area contributed by atoms with Crippen molar-refractivity contribution in [3.63, 3.8) is 0 Å². The highest BCUT2D eigenvalue weighted by Gasteiger charge is 2.21. The van der Waals surface area contributed by atoms with Crippen molar-refractivity contribution in [2.24, 2.45) is 0 Å². The van der Waals surface area contributed by atoms with Gasteiger partial charge in [-0.3, -0.25) is 0 Å². The van der Waals surface area contributed by atoms with Gasteiger partial charge in [0.05, 0.1) is 0 Å². The van der Waals surface area contributed by atoms with Crippen LogP contribution in [0.1, 0.15) is 0 Å². The molecule has 3 aromatic heterocycles. The molecular formula is C47H27N3OS. The quantitative estimate of drug-likeness (QED) is 0.185. The smallest absolute Gasteiger partial charge is 0.164 e. The zero-order valence-corrected chi connectivity index (χ0v) is 28.6. The Morgan fingerprint density at radius 1 is 0.385 bits per heavy atom. The Hall–Kier alpha value is -6.69.